The van der Waals surface area contributed by atoms with Crippen molar-refractivity contribution in [3.8, 4) is 0 Å². The number of hydrogen-bond donors (Lipinski definition) is 1. The Morgan fingerprint density at radius 2 is 2.00 bits per heavy atom. The van der Waals surface area contributed by atoms with Crippen molar-refractivity contribution in [2.75, 3.05) is 11.1 Å². The lowest BCUT2D eigenvalue weighted by atomic mass is 10.2. The topological polar surface area (TPSA) is 42.0 Å². The first-order chi connectivity index (χ1) is 12.1. The number of thioether (sulfide) groups is 1. The summed E-state index contributed by atoms with van der Waals surface area (Å²) in [5, 5.41) is 2.95. The van der Waals surface area contributed by atoms with Crippen molar-refractivity contribution in [2.24, 2.45) is 0 Å². The smallest absolute Gasteiger partial charge is 0.226 e. The van der Waals surface area contributed by atoms with E-state index < -0.39 is 11.6 Å². The van der Waals surface area contributed by atoms with E-state index in [9.17, 15) is 13.6 Å². The minimum Gasteiger partial charge on any atom is -0.302 e. The second kappa shape index (κ2) is 8.40. The first-order valence-electron chi connectivity index (χ1n) is 7.79. The number of thiazole rings is 1. The molecule has 0 bridgehead atoms. The van der Waals surface area contributed by atoms with Gasteiger partial charge in [0.15, 0.2) is 10.9 Å². The van der Waals surface area contributed by atoms with Crippen LogP contribution in [0.4, 0.5) is 13.9 Å². The van der Waals surface area contributed by atoms with E-state index in [1.54, 1.807) is 11.8 Å². The Kier molecular flexibility index (Phi) is 5.99. The molecular formula is C18H16F2N2OS2. The van der Waals surface area contributed by atoms with Crippen molar-refractivity contribution < 1.29 is 13.6 Å². The van der Waals surface area contributed by atoms with Crippen LogP contribution in [0.1, 0.15) is 18.4 Å². The summed E-state index contributed by atoms with van der Waals surface area (Å²) in [5.74, 6) is 0.263. The van der Waals surface area contributed by atoms with Gasteiger partial charge in [-0.05, 0) is 23.8 Å². The van der Waals surface area contributed by atoms with Crippen molar-refractivity contribution >= 4 is 44.4 Å². The molecule has 130 valence electrons. The molecule has 1 N–H and O–H groups in total. The molecule has 0 aliphatic rings. The van der Waals surface area contributed by atoms with E-state index in [2.05, 4.69) is 22.4 Å². The van der Waals surface area contributed by atoms with Crippen LogP contribution in [-0.2, 0) is 10.5 Å². The van der Waals surface area contributed by atoms with E-state index >= 15 is 0 Å². The Morgan fingerprint density at radius 1 is 1.20 bits per heavy atom. The molecule has 0 spiro atoms. The quantitative estimate of drug-likeness (QED) is 0.573. The van der Waals surface area contributed by atoms with Crippen LogP contribution in [0.2, 0.25) is 0 Å². The van der Waals surface area contributed by atoms with Gasteiger partial charge in [-0.1, -0.05) is 41.7 Å². The third-order valence-electron chi connectivity index (χ3n) is 3.46. The minimum absolute atomic E-state index is 0.0834. The monoisotopic (exact) mass is 378 g/mol. The van der Waals surface area contributed by atoms with Crippen LogP contribution in [0.25, 0.3) is 10.2 Å². The van der Waals surface area contributed by atoms with Gasteiger partial charge in [-0.25, -0.2) is 13.8 Å². The molecule has 0 aliphatic heterocycles. The highest BCUT2D eigenvalue weighted by Gasteiger charge is 2.12. The Morgan fingerprint density at radius 3 is 2.80 bits per heavy atom. The van der Waals surface area contributed by atoms with Crippen LogP contribution in [0.5, 0.6) is 0 Å². The molecule has 0 unspecified atom stereocenters. The summed E-state index contributed by atoms with van der Waals surface area (Å²) in [6.07, 6.45) is 1.12. The molecule has 0 saturated heterocycles. The molecule has 3 aromatic rings. The number of rotatable bonds is 7. The van der Waals surface area contributed by atoms with Gasteiger partial charge < -0.3 is 5.32 Å². The molecular weight excluding hydrogens is 362 g/mol. The van der Waals surface area contributed by atoms with Crippen molar-refractivity contribution in [3.63, 3.8) is 0 Å². The van der Waals surface area contributed by atoms with Gasteiger partial charge in [-0.3, -0.25) is 4.79 Å². The number of nitrogens with one attached hydrogen (secondary N) is 1. The molecule has 25 heavy (non-hydrogen) atoms. The number of aromatic nitrogens is 1. The molecule has 1 amide bonds. The van der Waals surface area contributed by atoms with E-state index in [1.165, 1.54) is 11.6 Å². The SMILES string of the molecule is O=C(CCCSCc1ccccc1)Nc1nc2c(F)cc(F)cc2s1. The molecule has 2 aromatic carbocycles. The zero-order chi connectivity index (χ0) is 17.6. The van der Waals surface area contributed by atoms with E-state index in [4.69, 9.17) is 0 Å². The molecule has 0 radical (unpaired) electrons. The maximum absolute atomic E-state index is 13.6. The van der Waals surface area contributed by atoms with Gasteiger partial charge in [0.25, 0.3) is 0 Å². The third-order valence-corrected chi connectivity index (χ3v) is 5.50. The van der Waals surface area contributed by atoms with Crippen LogP contribution in [0, 0.1) is 11.6 Å². The average molecular weight is 378 g/mol. The molecule has 0 saturated carbocycles. The summed E-state index contributed by atoms with van der Waals surface area (Å²) in [6, 6.07) is 12.2. The molecule has 3 nitrogen and oxygen atoms in total. The van der Waals surface area contributed by atoms with Crippen LogP contribution in [0.15, 0.2) is 42.5 Å². The normalized spacial score (nSPS) is 11.0. The average Bonchev–Trinajstić information content (AvgIpc) is 2.98. The lowest BCUT2D eigenvalue weighted by Gasteiger charge is -2.03. The van der Waals surface area contributed by atoms with Gasteiger partial charge >= 0.3 is 0 Å². The van der Waals surface area contributed by atoms with Crippen molar-refractivity contribution in [1.29, 1.82) is 0 Å². The summed E-state index contributed by atoms with van der Waals surface area (Å²) >= 11 is 2.84. The molecule has 3 rings (SSSR count). The van der Waals surface area contributed by atoms with Crippen molar-refractivity contribution in [3.05, 3.63) is 59.7 Å². The van der Waals surface area contributed by atoms with Crippen LogP contribution >= 0.6 is 23.1 Å². The Bertz CT molecular complexity index is 868. The van der Waals surface area contributed by atoms with Gasteiger partial charge in [0, 0.05) is 18.2 Å². The maximum atomic E-state index is 13.6. The molecule has 0 atom stereocenters. The number of anilines is 1. The lowest BCUT2D eigenvalue weighted by Crippen LogP contribution is -2.11. The highest BCUT2D eigenvalue weighted by atomic mass is 32.2. The predicted molar refractivity (Wildman–Crippen MR) is 100 cm³/mol. The highest BCUT2D eigenvalue weighted by molar-refractivity contribution is 7.98. The summed E-state index contributed by atoms with van der Waals surface area (Å²) < 4.78 is 27.2. The van der Waals surface area contributed by atoms with Crippen LogP contribution in [-0.4, -0.2) is 16.6 Å². The van der Waals surface area contributed by atoms with Crippen LogP contribution < -0.4 is 5.32 Å². The van der Waals surface area contributed by atoms with E-state index in [0.29, 0.717) is 16.3 Å². The number of benzene rings is 2. The molecule has 0 aliphatic carbocycles. The van der Waals surface area contributed by atoms with Gasteiger partial charge in [-0.2, -0.15) is 11.8 Å². The second-order valence-electron chi connectivity index (χ2n) is 5.44. The molecule has 0 fully saturated rings. The summed E-state index contributed by atoms with van der Waals surface area (Å²) in [6.45, 7) is 0. The number of halogens is 2. The number of carbonyl (C=O) groups is 1. The Hall–Kier alpha value is -1.99. The second-order valence-corrected chi connectivity index (χ2v) is 7.58. The fourth-order valence-electron chi connectivity index (χ4n) is 2.29. The van der Waals surface area contributed by atoms with E-state index in [1.807, 2.05) is 18.2 Å². The van der Waals surface area contributed by atoms with Crippen LogP contribution in [0.3, 0.4) is 0 Å². The van der Waals surface area contributed by atoms with Crippen molar-refractivity contribution in [1.82, 2.24) is 4.98 Å². The fourth-order valence-corrected chi connectivity index (χ4v) is 4.13. The molecule has 1 heterocycles. The van der Waals surface area contributed by atoms with Gasteiger partial charge in [0.1, 0.15) is 11.3 Å². The highest BCUT2D eigenvalue weighted by Crippen LogP contribution is 2.28. The van der Waals surface area contributed by atoms with Gasteiger partial charge in [0.2, 0.25) is 5.91 Å². The van der Waals surface area contributed by atoms with Gasteiger partial charge in [-0.15, -0.1) is 0 Å². The molecule has 7 heteroatoms. The maximum Gasteiger partial charge on any atom is 0.226 e. The molecule has 1 aromatic heterocycles. The zero-order valence-corrected chi connectivity index (χ0v) is 14.9. The minimum atomic E-state index is -0.718. The van der Waals surface area contributed by atoms with E-state index in [-0.39, 0.29) is 11.4 Å². The van der Waals surface area contributed by atoms with E-state index in [0.717, 1.165) is 35.3 Å². The number of fused-ring (bicyclic) bond motifs is 1. The fraction of sp³-hybridized carbons (Fsp3) is 0.222. The van der Waals surface area contributed by atoms with Gasteiger partial charge in [0.05, 0.1) is 4.70 Å². The Balaban J connectivity index is 1.44. The number of hydrogen-bond acceptors (Lipinski definition) is 4. The standard InChI is InChI=1S/C18H16F2N2OS2/c19-13-9-14(20)17-15(10-13)25-18(22-17)21-16(23)7-4-8-24-11-12-5-2-1-3-6-12/h1-3,5-6,9-10H,4,7-8,11H2,(H,21,22,23). The number of amides is 1. The largest absolute Gasteiger partial charge is 0.302 e. The number of carbonyl (C=O) groups excluding carboxylic acids is 1. The third kappa shape index (κ3) is 4.99. The first kappa shape index (κ1) is 17.8. The lowest BCUT2D eigenvalue weighted by molar-refractivity contribution is -0.116. The first-order valence-corrected chi connectivity index (χ1v) is 9.76. The summed E-state index contributed by atoms with van der Waals surface area (Å²) in [5.41, 5.74) is 1.35. The summed E-state index contributed by atoms with van der Waals surface area (Å²) in [7, 11) is 0. The zero-order valence-electron chi connectivity index (χ0n) is 13.3. The number of nitrogens with zero attached hydrogens (tertiary/aromatic N) is 1. The predicted octanol–water partition coefficient (Wildman–Crippen LogP) is 5.23. The Labute approximate surface area is 152 Å². The summed E-state index contributed by atoms with van der Waals surface area (Å²) in [4.78, 5) is 16.0. The van der Waals surface area contributed by atoms with Crippen molar-refractivity contribution in [2.45, 2.75) is 18.6 Å².